The predicted molar refractivity (Wildman–Crippen MR) is 123 cm³/mol. The minimum atomic E-state index is 0.00397. The first-order chi connectivity index (χ1) is 14.5. The van der Waals surface area contributed by atoms with Crippen LogP contribution in [0, 0.1) is 0 Å². The van der Waals surface area contributed by atoms with Crippen molar-refractivity contribution in [3.8, 4) is 0 Å². The van der Waals surface area contributed by atoms with Crippen molar-refractivity contribution in [2.24, 2.45) is 0 Å². The van der Waals surface area contributed by atoms with Crippen molar-refractivity contribution < 1.29 is 14.1 Å². The van der Waals surface area contributed by atoms with E-state index < -0.39 is 0 Å². The number of carbonyl (C=O) groups excluding carboxylic acids is 1. The van der Waals surface area contributed by atoms with Crippen LogP contribution in [0.25, 0.3) is 0 Å². The van der Waals surface area contributed by atoms with Crippen LogP contribution in [0.5, 0.6) is 0 Å². The Bertz CT molecular complexity index is 754. The molecule has 4 unspecified atom stereocenters. The van der Waals surface area contributed by atoms with Gasteiger partial charge in [0.15, 0.2) is 0 Å². The number of halogens is 2. The van der Waals surface area contributed by atoms with Crippen LogP contribution in [-0.4, -0.2) is 59.8 Å². The fraction of sp³-hybridized carbons (Fsp3) is 0.682. The van der Waals surface area contributed by atoms with E-state index in [-0.39, 0.29) is 30.7 Å². The third-order valence-corrected chi connectivity index (χ3v) is 7.88. The van der Waals surface area contributed by atoms with E-state index in [4.69, 9.17) is 32.5 Å². The van der Waals surface area contributed by atoms with E-state index in [0.29, 0.717) is 16.1 Å². The van der Waals surface area contributed by atoms with Gasteiger partial charge in [-0.25, -0.2) is 0 Å². The number of rotatable bonds is 6. The minimum Gasteiger partial charge on any atom is -0.375 e. The Labute approximate surface area is 191 Å². The van der Waals surface area contributed by atoms with Gasteiger partial charge in [-0.3, -0.25) is 9.69 Å². The molecule has 2 aliphatic heterocycles. The predicted octanol–water partition coefficient (Wildman–Crippen LogP) is 4.69. The fourth-order valence-electron chi connectivity index (χ4n) is 5.50. The lowest BCUT2D eigenvalue weighted by Crippen LogP contribution is -2.59. The minimum absolute atomic E-state index is 0.00397. The number of amides is 1. The lowest BCUT2D eigenvalue weighted by atomic mass is 9.76. The van der Waals surface area contributed by atoms with Gasteiger partial charge >= 0.3 is 0 Å². The molecule has 1 aromatic carbocycles. The second-order valence-corrected chi connectivity index (χ2v) is 9.99. The number of ether oxygens (including phenoxy) is 1. The lowest BCUT2D eigenvalue weighted by Gasteiger charge is -2.49. The molecule has 0 aromatic heterocycles. The van der Waals surface area contributed by atoms with Crippen molar-refractivity contribution in [3.05, 3.63) is 33.8 Å². The van der Waals surface area contributed by atoms with Crippen LogP contribution in [0.4, 0.5) is 0 Å². The molecule has 0 N–H and O–H groups in total. The Morgan fingerprint density at radius 1 is 1.23 bits per heavy atom. The molecule has 30 heavy (non-hydrogen) atoms. The number of hydrogen-bond acceptors (Lipinski definition) is 4. The summed E-state index contributed by atoms with van der Waals surface area (Å²) in [5.74, 6) is 0.0633. The maximum atomic E-state index is 13.4. The molecule has 1 amide bonds. The van der Waals surface area contributed by atoms with Gasteiger partial charge in [0.1, 0.15) is 6.73 Å². The van der Waals surface area contributed by atoms with Crippen LogP contribution in [0.3, 0.4) is 0 Å². The highest BCUT2D eigenvalue weighted by Gasteiger charge is 2.48. The van der Waals surface area contributed by atoms with E-state index in [2.05, 4.69) is 14.4 Å². The summed E-state index contributed by atoms with van der Waals surface area (Å²) in [6.07, 6.45) is 7.99. The molecule has 4 atom stereocenters. The van der Waals surface area contributed by atoms with Crippen LogP contribution in [-0.2, 0) is 20.5 Å². The molecule has 2 heterocycles. The first kappa shape index (κ1) is 22.8. The molecule has 1 spiro atoms. The second kappa shape index (κ2) is 10.0. The van der Waals surface area contributed by atoms with Gasteiger partial charge in [-0.15, -0.1) is 0 Å². The summed E-state index contributed by atoms with van der Waals surface area (Å²) in [5.41, 5.74) is 0.872. The summed E-state index contributed by atoms with van der Waals surface area (Å²) in [6, 6.07) is 5.84. The van der Waals surface area contributed by atoms with Crippen molar-refractivity contribution in [1.29, 1.82) is 0 Å². The van der Waals surface area contributed by atoms with Crippen molar-refractivity contribution >= 4 is 38.6 Å². The summed E-state index contributed by atoms with van der Waals surface area (Å²) in [5, 5.41) is 0.977. The molecule has 3 aliphatic rings. The number of hydrogen-bond donors (Lipinski definition) is 0. The summed E-state index contributed by atoms with van der Waals surface area (Å²) < 4.78 is 11.7. The number of carbonyl (C=O) groups is 1. The molecular formula is C22H31Cl2N2O3P. The van der Waals surface area contributed by atoms with Crippen LogP contribution in [0.15, 0.2) is 18.2 Å². The molecule has 0 radical (unpaired) electrons. The molecule has 3 fully saturated rings. The molecule has 1 aliphatic carbocycles. The van der Waals surface area contributed by atoms with Gasteiger partial charge in [-0.2, -0.15) is 0 Å². The first-order valence-corrected chi connectivity index (χ1v) is 12.2. The molecule has 1 saturated carbocycles. The SMILES string of the molecule is O=C(Cc1ccc(Cl)c(Cl)c1)N(COP)C1CCC2(CCCO2)CC1N1CCCC1. The summed E-state index contributed by atoms with van der Waals surface area (Å²) in [6.45, 7) is 3.35. The molecule has 8 heteroatoms. The summed E-state index contributed by atoms with van der Waals surface area (Å²) in [4.78, 5) is 17.9. The molecule has 166 valence electrons. The molecule has 2 saturated heterocycles. The molecule has 4 rings (SSSR count). The van der Waals surface area contributed by atoms with Gasteiger partial charge in [0, 0.05) is 28.2 Å². The summed E-state index contributed by atoms with van der Waals surface area (Å²) >= 11 is 12.2. The van der Waals surface area contributed by atoms with Crippen molar-refractivity contribution in [1.82, 2.24) is 9.80 Å². The number of benzene rings is 1. The largest absolute Gasteiger partial charge is 0.375 e. The highest BCUT2D eigenvalue weighted by atomic mass is 35.5. The average Bonchev–Trinajstić information content (AvgIpc) is 3.42. The number of likely N-dealkylation sites (tertiary alicyclic amines) is 1. The van der Waals surface area contributed by atoms with Gasteiger partial charge in [-0.1, -0.05) is 29.3 Å². The average molecular weight is 473 g/mol. The molecule has 0 bridgehead atoms. The van der Waals surface area contributed by atoms with Crippen LogP contribution in [0.1, 0.15) is 50.5 Å². The zero-order valence-electron chi connectivity index (χ0n) is 17.3. The van der Waals surface area contributed by atoms with E-state index in [1.165, 1.54) is 12.8 Å². The van der Waals surface area contributed by atoms with Gasteiger partial charge < -0.3 is 14.2 Å². The lowest BCUT2D eigenvalue weighted by molar-refractivity contribution is -0.143. The summed E-state index contributed by atoms with van der Waals surface area (Å²) in [7, 11) is 2.29. The maximum Gasteiger partial charge on any atom is 0.229 e. The topological polar surface area (TPSA) is 42.0 Å². The Morgan fingerprint density at radius 3 is 2.70 bits per heavy atom. The maximum absolute atomic E-state index is 13.4. The smallest absolute Gasteiger partial charge is 0.229 e. The Balaban J connectivity index is 1.54. The van der Waals surface area contributed by atoms with Gasteiger partial charge in [0.2, 0.25) is 5.91 Å². The third kappa shape index (κ3) is 4.98. The van der Waals surface area contributed by atoms with E-state index in [9.17, 15) is 4.79 Å². The Morgan fingerprint density at radius 2 is 2.03 bits per heavy atom. The van der Waals surface area contributed by atoms with Crippen LogP contribution >= 0.6 is 32.7 Å². The van der Waals surface area contributed by atoms with Crippen molar-refractivity contribution in [2.75, 3.05) is 26.4 Å². The Hall–Kier alpha value is -0.420. The zero-order chi connectivity index (χ0) is 21.1. The highest BCUT2D eigenvalue weighted by molar-refractivity contribution is 7.09. The monoisotopic (exact) mass is 472 g/mol. The second-order valence-electron chi connectivity index (χ2n) is 8.84. The Kier molecular flexibility index (Phi) is 7.60. The quantitative estimate of drug-likeness (QED) is 0.444. The fourth-order valence-corrected chi connectivity index (χ4v) is 5.99. The first-order valence-electron chi connectivity index (χ1n) is 10.9. The standard InChI is InChI=1S/C22H31Cl2N2O3P/c23-17-5-4-16(12-18(17)24)13-21(27)26(15-29-30)19-6-8-22(7-3-11-28-22)14-20(19)25-9-1-2-10-25/h4-5,12,19-20H,1-3,6-11,13-15,30H2. The third-order valence-electron chi connectivity index (χ3n) is 6.99. The highest BCUT2D eigenvalue weighted by Crippen LogP contribution is 2.43. The number of nitrogens with zero attached hydrogens (tertiary/aromatic N) is 2. The van der Waals surface area contributed by atoms with E-state index in [0.717, 1.165) is 57.4 Å². The van der Waals surface area contributed by atoms with Crippen molar-refractivity contribution in [2.45, 2.75) is 69.1 Å². The molecular weight excluding hydrogens is 442 g/mol. The van der Waals surface area contributed by atoms with Gasteiger partial charge in [0.05, 0.1) is 22.1 Å². The zero-order valence-corrected chi connectivity index (χ0v) is 20.0. The van der Waals surface area contributed by atoms with Crippen LogP contribution in [0.2, 0.25) is 10.0 Å². The van der Waals surface area contributed by atoms with E-state index in [1.807, 2.05) is 11.0 Å². The van der Waals surface area contributed by atoms with E-state index >= 15 is 0 Å². The molecule has 1 aromatic rings. The van der Waals surface area contributed by atoms with Crippen LogP contribution < -0.4 is 0 Å². The van der Waals surface area contributed by atoms with E-state index in [1.54, 1.807) is 12.1 Å². The van der Waals surface area contributed by atoms with Gasteiger partial charge in [0.25, 0.3) is 0 Å². The normalized spacial score (nSPS) is 29.6. The molecule has 5 nitrogen and oxygen atoms in total. The van der Waals surface area contributed by atoms with Crippen molar-refractivity contribution in [3.63, 3.8) is 0 Å². The van der Waals surface area contributed by atoms with Gasteiger partial charge in [-0.05, 0) is 75.7 Å².